The van der Waals surface area contributed by atoms with Crippen molar-refractivity contribution >= 4 is 5.84 Å². The van der Waals surface area contributed by atoms with Gasteiger partial charge in [-0.3, -0.25) is 5.41 Å². The Balaban J connectivity index is 3.73. The van der Waals surface area contributed by atoms with Gasteiger partial charge in [-0.25, -0.2) is 0 Å². The highest BCUT2D eigenvalue weighted by atomic mass is 15.2. The fourth-order valence-electron chi connectivity index (χ4n) is 1.51. The van der Waals surface area contributed by atoms with Crippen molar-refractivity contribution in [3.05, 3.63) is 0 Å². The summed E-state index contributed by atoms with van der Waals surface area (Å²) >= 11 is 0. The van der Waals surface area contributed by atoms with Crippen LogP contribution in [0, 0.1) is 11.3 Å². The summed E-state index contributed by atoms with van der Waals surface area (Å²) in [5.41, 5.74) is 5.44. The molecule has 0 saturated heterocycles. The molecule has 1 unspecified atom stereocenters. The van der Waals surface area contributed by atoms with Crippen molar-refractivity contribution < 1.29 is 0 Å². The van der Waals surface area contributed by atoms with Crippen LogP contribution in [0.3, 0.4) is 0 Å². The maximum Gasteiger partial charge on any atom is 0.0947 e. The molecule has 0 radical (unpaired) electrons. The molecule has 0 amide bonds. The molecular formula is C11H26N4. The van der Waals surface area contributed by atoms with Crippen molar-refractivity contribution in [1.82, 2.24) is 9.80 Å². The van der Waals surface area contributed by atoms with Gasteiger partial charge in [-0.05, 0) is 20.1 Å². The number of rotatable bonds is 8. The minimum Gasteiger partial charge on any atom is -0.387 e. The van der Waals surface area contributed by atoms with Crippen LogP contribution >= 0.6 is 0 Å². The highest BCUT2D eigenvalue weighted by molar-refractivity contribution is 5.79. The maximum absolute atomic E-state index is 7.32. The van der Waals surface area contributed by atoms with E-state index in [2.05, 4.69) is 30.7 Å². The molecule has 0 aliphatic carbocycles. The van der Waals surface area contributed by atoms with E-state index in [1.54, 1.807) is 0 Å². The molecule has 0 rings (SSSR count). The third-order valence-electron chi connectivity index (χ3n) is 2.81. The lowest BCUT2D eigenvalue weighted by atomic mass is 10.1. The summed E-state index contributed by atoms with van der Waals surface area (Å²) in [7, 11) is 2.09. The lowest BCUT2D eigenvalue weighted by Crippen LogP contribution is -2.37. The Hall–Kier alpha value is -0.610. The summed E-state index contributed by atoms with van der Waals surface area (Å²) in [6.45, 7) is 11.6. The average molecular weight is 214 g/mol. The summed E-state index contributed by atoms with van der Waals surface area (Å²) in [6, 6.07) is 0. The third-order valence-corrected chi connectivity index (χ3v) is 2.81. The molecule has 0 aliphatic rings. The van der Waals surface area contributed by atoms with Crippen molar-refractivity contribution in [2.45, 2.75) is 20.8 Å². The van der Waals surface area contributed by atoms with Gasteiger partial charge in [0.15, 0.2) is 0 Å². The Kier molecular flexibility index (Phi) is 7.34. The second-order valence-corrected chi connectivity index (χ2v) is 4.15. The van der Waals surface area contributed by atoms with Gasteiger partial charge in [-0.1, -0.05) is 20.8 Å². The lowest BCUT2D eigenvalue weighted by Gasteiger charge is -2.24. The van der Waals surface area contributed by atoms with Crippen LogP contribution in [0.15, 0.2) is 0 Å². The van der Waals surface area contributed by atoms with Gasteiger partial charge in [0.1, 0.15) is 0 Å². The molecular weight excluding hydrogens is 188 g/mol. The standard InChI is InChI=1S/C11H26N4/c1-5-15(6-2)8-7-14(4)9-10(3)11(12)13/h10H,5-9H2,1-4H3,(H3,12,13). The molecule has 0 bridgehead atoms. The van der Waals surface area contributed by atoms with Gasteiger partial charge in [0.05, 0.1) is 5.84 Å². The lowest BCUT2D eigenvalue weighted by molar-refractivity contribution is 0.234. The highest BCUT2D eigenvalue weighted by Crippen LogP contribution is 1.97. The first kappa shape index (κ1) is 14.4. The highest BCUT2D eigenvalue weighted by Gasteiger charge is 2.09. The van der Waals surface area contributed by atoms with Gasteiger partial charge >= 0.3 is 0 Å². The smallest absolute Gasteiger partial charge is 0.0947 e. The summed E-state index contributed by atoms with van der Waals surface area (Å²) in [6.07, 6.45) is 0. The number of likely N-dealkylation sites (N-methyl/N-ethyl adjacent to an activating group) is 2. The van der Waals surface area contributed by atoms with Crippen LogP contribution < -0.4 is 5.73 Å². The molecule has 0 saturated carbocycles. The molecule has 0 aromatic rings. The molecule has 3 N–H and O–H groups in total. The van der Waals surface area contributed by atoms with Crippen molar-refractivity contribution in [3.63, 3.8) is 0 Å². The Morgan fingerprint density at radius 2 is 1.80 bits per heavy atom. The molecule has 0 aromatic carbocycles. The Bertz CT molecular complexity index is 177. The molecule has 4 heteroatoms. The van der Waals surface area contributed by atoms with E-state index in [9.17, 15) is 0 Å². The first-order valence-corrected chi connectivity index (χ1v) is 5.76. The number of hydrogen-bond acceptors (Lipinski definition) is 3. The van der Waals surface area contributed by atoms with Crippen LogP contribution in [0.25, 0.3) is 0 Å². The predicted octanol–water partition coefficient (Wildman–Crippen LogP) is 0.832. The van der Waals surface area contributed by atoms with Gasteiger partial charge in [-0.2, -0.15) is 0 Å². The molecule has 15 heavy (non-hydrogen) atoms. The van der Waals surface area contributed by atoms with E-state index in [0.29, 0.717) is 0 Å². The number of nitrogens with zero attached hydrogens (tertiary/aromatic N) is 2. The van der Waals surface area contributed by atoms with Gasteiger partial charge in [0, 0.05) is 25.6 Å². The van der Waals surface area contributed by atoms with E-state index in [-0.39, 0.29) is 11.8 Å². The van der Waals surface area contributed by atoms with Gasteiger partial charge < -0.3 is 15.5 Å². The summed E-state index contributed by atoms with van der Waals surface area (Å²) in [5.74, 6) is 0.441. The molecule has 0 spiro atoms. The zero-order valence-corrected chi connectivity index (χ0v) is 10.6. The van der Waals surface area contributed by atoms with Crippen molar-refractivity contribution in [1.29, 1.82) is 5.41 Å². The van der Waals surface area contributed by atoms with Crippen LogP contribution in [0.1, 0.15) is 20.8 Å². The predicted molar refractivity (Wildman–Crippen MR) is 66.4 cm³/mol. The Morgan fingerprint density at radius 3 is 2.20 bits per heavy atom. The van der Waals surface area contributed by atoms with Gasteiger partial charge in [-0.15, -0.1) is 0 Å². The van der Waals surface area contributed by atoms with Crippen molar-refractivity contribution in [2.24, 2.45) is 11.7 Å². The van der Waals surface area contributed by atoms with Crippen LogP contribution in [-0.4, -0.2) is 55.4 Å². The average Bonchev–Trinajstić information content (AvgIpc) is 2.19. The molecule has 90 valence electrons. The molecule has 0 aliphatic heterocycles. The number of nitrogens with one attached hydrogen (secondary N) is 1. The van der Waals surface area contributed by atoms with E-state index in [0.717, 1.165) is 32.7 Å². The van der Waals surface area contributed by atoms with E-state index >= 15 is 0 Å². The van der Waals surface area contributed by atoms with E-state index in [1.165, 1.54) is 0 Å². The van der Waals surface area contributed by atoms with E-state index in [1.807, 2.05) is 6.92 Å². The quantitative estimate of drug-likeness (QED) is 0.465. The fourth-order valence-corrected chi connectivity index (χ4v) is 1.51. The molecule has 0 fully saturated rings. The minimum atomic E-state index is 0.159. The largest absolute Gasteiger partial charge is 0.387 e. The van der Waals surface area contributed by atoms with Crippen LogP contribution in [0.2, 0.25) is 0 Å². The van der Waals surface area contributed by atoms with E-state index in [4.69, 9.17) is 11.1 Å². The third kappa shape index (κ3) is 6.47. The Labute approximate surface area is 93.9 Å². The number of nitrogens with two attached hydrogens (primary N) is 1. The van der Waals surface area contributed by atoms with Crippen LogP contribution in [-0.2, 0) is 0 Å². The summed E-state index contributed by atoms with van der Waals surface area (Å²) in [4.78, 5) is 4.64. The molecule has 0 heterocycles. The number of amidine groups is 1. The SMILES string of the molecule is CCN(CC)CCN(C)CC(C)C(=N)N. The zero-order valence-electron chi connectivity index (χ0n) is 10.6. The molecule has 1 atom stereocenters. The van der Waals surface area contributed by atoms with E-state index < -0.39 is 0 Å². The van der Waals surface area contributed by atoms with Crippen LogP contribution in [0.5, 0.6) is 0 Å². The molecule has 0 aromatic heterocycles. The minimum absolute atomic E-state index is 0.159. The second kappa shape index (κ2) is 7.65. The normalized spacial score (nSPS) is 13.5. The Morgan fingerprint density at radius 1 is 1.27 bits per heavy atom. The topological polar surface area (TPSA) is 56.4 Å². The van der Waals surface area contributed by atoms with Crippen LogP contribution in [0.4, 0.5) is 0 Å². The summed E-state index contributed by atoms with van der Waals surface area (Å²) < 4.78 is 0. The number of hydrogen-bond donors (Lipinski definition) is 2. The zero-order chi connectivity index (χ0) is 11.8. The van der Waals surface area contributed by atoms with Crippen molar-refractivity contribution in [2.75, 3.05) is 39.8 Å². The fraction of sp³-hybridized carbons (Fsp3) is 0.909. The second-order valence-electron chi connectivity index (χ2n) is 4.15. The maximum atomic E-state index is 7.32. The summed E-state index contributed by atoms with van der Waals surface area (Å²) in [5, 5.41) is 7.32. The van der Waals surface area contributed by atoms with Gasteiger partial charge in [0.25, 0.3) is 0 Å². The molecule has 4 nitrogen and oxygen atoms in total. The first-order chi connectivity index (χ1) is 7.01. The van der Waals surface area contributed by atoms with Crippen molar-refractivity contribution in [3.8, 4) is 0 Å². The monoisotopic (exact) mass is 214 g/mol. The van der Waals surface area contributed by atoms with Gasteiger partial charge in [0.2, 0.25) is 0 Å². The first-order valence-electron chi connectivity index (χ1n) is 5.76.